The predicted molar refractivity (Wildman–Crippen MR) is 89.3 cm³/mol. The van der Waals surface area contributed by atoms with Crippen LogP contribution in [0.5, 0.6) is 0 Å². The molecule has 106 valence electrons. The quantitative estimate of drug-likeness (QED) is 0.853. The molecule has 2 N–H and O–H groups in total. The number of thiocarbonyl (C=S) groups is 1. The molecule has 0 radical (unpaired) electrons. The maximum Gasteiger partial charge on any atom is 0.283 e. The average Bonchev–Trinajstić information content (AvgIpc) is 3.32. The van der Waals surface area contributed by atoms with E-state index in [1.165, 1.54) is 0 Å². The maximum absolute atomic E-state index is 12.1. The van der Waals surface area contributed by atoms with E-state index in [1.54, 1.807) is 0 Å². The molecule has 1 aliphatic rings. The second kappa shape index (κ2) is 6.06. The summed E-state index contributed by atoms with van der Waals surface area (Å²) in [6.45, 7) is 0. The van der Waals surface area contributed by atoms with Gasteiger partial charge in [0.05, 0.1) is 0 Å². The van der Waals surface area contributed by atoms with Crippen molar-refractivity contribution < 1.29 is 4.79 Å². The van der Waals surface area contributed by atoms with Gasteiger partial charge in [-0.2, -0.15) is 0 Å². The van der Waals surface area contributed by atoms with E-state index in [-0.39, 0.29) is 10.9 Å². The minimum absolute atomic E-state index is 0.250. The zero-order chi connectivity index (χ0) is 14.7. The molecule has 0 aliphatic heterocycles. The maximum atomic E-state index is 12.1. The molecule has 0 bridgehead atoms. The van der Waals surface area contributed by atoms with Crippen LogP contribution in [0.4, 0.5) is 5.69 Å². The molecule has 1 amide bonds. The average molecular weight is 296 g/mol. The van der Waals surface area contributed by atoms with Gasteiger partial charge in [0, 0.05) is 17.3 Å². The number of rotatable bonds is 3. The molecule has 2 aromatic rings. The number of para-hydroxylation sites is 1. The second-order valence-corrected chi connectivity index (χ2v) is 5.52. The standard InChI is InChI=1S/C17H16N2OS/c20-16(17(21)18-13-10-11-13)19-15-9-5-4-8-14(15)12-6-2-1-3-7-12/h1-9,13H,10-11H2,(H,18,21)(H,19,20). The van der Waals surface area contributed by atoms with Crippen LogP contribution in [0.1, 0.15) is 12.8 Å². The first-order valence-electron chi connectivity index (χ1n) is 7.00. The lowest BCUT2D eigenvalue weighted by atomic mass is 10.0. The predicted octanol–water partition coefficient (Wildman–Crippen LogP) is 3.37. The third kappa shape index (κ3) is 3.47. The van der Waals surface area contributed by atoms with Crippen molar-refractivity contribution in [1.29, 1.82) is 0 Å². The van der Waals surface area contributed by atoms with Gasteiger partial charge in [-0.05, 0) is 24.5 Å². The normalized spacial score (nSPS) is 13.5. The highest BCUT2D eigenvalue weighted by atomic mass is 32.1. The summed E-state index contributed by atoms with van der Waals surface area (Å²) < 4.78 is 0. The Morgan fingerprint density at radius 2 is 1.67 bits per heavy atom. The second-order valence-electron chi connectivity index (χ2n) is 5.11. The van der Waals surface area contributed by atoms with Gasteiger partial charge in [-0.15, -0.1) is 0 Å². The zero-order valence-electron chi connectivity index (χ0n) is 11.5. The zero-order valence-corrected chi connectivity index (χ0v) is 12.3. The summed E-state index contributed by atoms with van der Waals surface area (Å²) in [7, 11) is 0. The van der Waals surface area contributed by atoms with Crippen LogP contribution in [0.2, 0.25) is 0 Å². The molecule has 0 unspecified atom stereocenters. The molecule has 21 heavy (non-hydrogen) atoms. The van der Waals surface area contributed by atoms with E-state index in [0.717, 1.165) is 29.7 Å². The summed E-state index contributed by atoms with van der Waals surface area (Å²) in [6.07, 6.45) is 2.18. The Bertz CT molecular complexity index is 666. The number of anilines is 1. The van der Waals surface area contributed by atoms with E-state index >= 15 is 0 Å². The van der Waals surface area contributed by atoms with Gasteiger partial charge in [0.1, 0.15) is 0 Å². The molecule has 3 nitrogen and oxygen atoms in total. The van der Waals surface area contributed by atoms with Gasteiger partial charge in [0.25, 0.3) is 5.91 Å². The largest absolute Gasteiger partial charge is 0.369 e. The minimum Gasteiger partial charge on any atom is -0.369 e. The summed E-state index contributed by atoms with van der Waals surface area (Å²) in [4.78, 5) is 12.4. The molecule has 3 rings (SSSR count). The van der Waals surface area contributed by atoms with Gasteiger partial charge < -0.3 is 10.6 Å². The van der Waals surface area contributed by atoms with Crippen LogP contribution in [-0.4, -0.2) is 16.9 Å². The molecule has 1 aliphatic carbocycles. The molecule has 1 saturated carbocycles. The lowest BCUT2D eigenvalue weighted by Crippen LogP contribution is -2.35. The SMILES string of the molecule is O=C(Nc1ccccc1-c1ccccc1)C(=S)NC1CC1. The summed E-state index contributed by atoms with van der Waals surface area (Å²) >= 11 is 5.13. The molecule has 0 saturated heterocycles. The van der Waals surface area contributed by atoms with E-state index in [9.17, 15) is 4.79 Å². The van der Waals surface area contributed by atoms with Crippen molar-refractivity contribution in [2.45, 2.75) is 18.9 Å². The topological polar surface area (TPSA) is 41.1 Å². The van der Waals surface area contributed by atoms with Gasteiger partial charge >= 0.3 is 0 Å². The van der Waals surface area contributed by atoms with E-state index in [2.05, 4.69) is 10.6 Å². The van der Waals surface area contributed by atoms with Crippen molar-refractivity contribution in [2.75, 3.05) is 5.32 Å². The summed E-state index contributed by atoms with van der Waals surface area (Å²) in [5, 5.41) is 5.95. The lowest BCUT2D eigenvalue weighted by molar-refractivity contribution is -0.110. The number of carbonyl (C=O) groups is 1. The van der Waals surface area contributed by atoms with Crippen LogP contribution in [0.15, 0.2) is 54.6 Å². The number of amides is 1. The highest BCUT2D eigenvalue weighted by Crippen LogP contribution is 2.27. The molecule has 2 aromatic carbocycles. The Morgan fingerprint density at radius 3 is 2.38 bits per heavy atom. The van der Waals surface area contributed by atoms with Crippen molar-refractivity contribution in [1.82, 2.24) is 5.32 Å². The third-order valence-electron chi connectivity index (χ3n) is 3.38. The molecule has 0 aromatic heterocycles. The fraction of sp³-hybridized carbons (Fsp3) is 0.176. The summed E-state index contributed by atoms with van der Waals surface area (Å²) in [6, 6.07) is 18.1. The molecular formula is C17H16N2OS. The van der Waals surface area contributed by atoms with Gasteiger partial charge in [-0.25, -0.2) is 0 Å². The van der Waals surface area contributed by atoms with Crippen LogP contribution in [0, 0.1) is 0 Å². The number of hydrogen-bond donors (Lipinski definition) is 2. The molecule has 1 fully saturated rings. The molecule has 0 atom stereocenters. The molecule has 0 spiro atoms. The van der Waals surface area contributed by atoms with Crippen molar-refractivity contribution in [3.8, 4) is 11.1 Å². The fourth-order valence-corrected chi connectivity index (χ4v) is 2.34. The van der Waals surface area contributed by atoms with Crippen molar-refractivity contribution in [3.05, 3.63) is 54.6 Å². The minimum atomic E-state index is -0.250. The van der Waals surface area contributed by atoms with Gasteiger partial charge in [-0.1, -0.05) is 60.7 Å². The first-order valence-corrected chi connectivity index (χ1v) is 7.41. The number of carbonyl (C=O) groups excluding carboxylic acids is 1. The van der Waals surface area contributed by atoms with Crippen LogP contribution < -0.4 is 10.6 Å². The van der Waals surface area contributed by atoms with Crippen LogP contribution >= 0.6 is 12.2 Å². The van der Waals surface area contributed by atoms with E-state index in [1.807, 2.05) is 54.6 Å². The van der Waals surface area contributed by atoms with Crippen molar-refractivity contribution >= 4 is 28.8 Å². The Labute approximate surface area is 129 Å². The van der Waals surface area contributed by atoms with Crippen LogP contribution in [-0.2, 0) is 4.79 Å². The summed E-state index contributed by atoms with van der Waals surface area (Å²) in [5.41, 5.74) is 2.82. The monoisotopic (exact) mass is 296 g/mol. The number of hydrogen-bond acceptors (Lipinski definition) is 2. The van der Waals surface area contributed by atoms with E-state index < -0.39 is 0 Å². The van der Waals surface area contributed by atoms with Crippen LogP contribution in [0.3, 0.4) is 0 Å². The number of nitrogens with one attached hydrogen (secondary N) is 2. The molecule has 0 heterocycles. The Morgan fingerprint density at radius 1 is 1.00 bits per heavy atom. The third-order valence-corrected chi connectivity index (χ3v) is 3.68. The lowest BCUT2D eigenvalue weighted by Gasteiger charge is -2.12. The highest BCUT2D eigenvalue weighted by Gasteiger charge is 2.24. The Kier molecular flexibility index (Phi) is 3.97. The van der Waals surface area contributed by atoms with Gasteiger partial charge in [-0.3, -0.25) is 4.79 Å². The summed E-state index contributed by atoms with van der Waals surface area (Å²) in [5.74, 6) is -0.250. The van der Waals surface area contributed by atoms with Crippen molar-refractivity contribution in [3.63, 3.8) is 0 Å². The van der Waals surface area contributed by atoms with Gasteiger partial charge in [0.15, 0.2) is 4.99 Å². The van der Waals surface area contributed by atoms with E-state index in [4.69, 9.17) is 12.2 Å². The van der Waals surface area contributed by atoms with Gasteiger partial charge in [0.2, 0.25) is 0 Å². The fourth-order valence-electron chi connectivity index (χ4n) is 2.12. The first-order chi connectivity index (χ1) is 10.2. The number of benzene rings is 2. The van der Waals surface area contributed by atoms with E-state index in [0.29, 0.717) is 6.04 Å². The Balaban J connectivity index is 1.79. The smallest absolute Gasteiger partial charge is 0.283 e. The molecular weight excluding hydrogens is 280 g/mol. The Hall–Kier alpha value is -2.20. The molecule has 4 heteroatoms. The van der Waals surface area contributed by atoms with Crippen molar-refractivity contribution in [2.24, 2.45) is 0 Å². The van der Waals surface area contributed by atoms with Crippen LogP contribution in [0.25, 0.3) is 11.1 Å². The highest BCUT2D eigenvalue weighted by molar-refractivity contribution is 7.82. The first kappa shape index (κ1) is 13.8.